The number of pyridine rings is 1. The number of halogens is 2. The summed E-state index contributed by atoms with van der Waals surface area (Å²) in [6, 6.07) is 11.3. The molecule has 10 heteroatoms. The Balaban J connectivity index is 1.85. The van der Waals surface area contributed by atoms with E-state index in [1.165, 1.54) is 23.8 Å². The van der Waals surface area contributed by atoms with Crippen molar-refractivity contribution < 1.29 is 23.0 Å². The Hall–Kier alpha value is -3.95. The molecule has 0 atom stereocenters. The smallest absolute Gasteiger partial charge is 0.387 e. The largest absolute Gasteiger partial charge is 0.463 e. The predicted octanol–water partition coefficient (Wildman–Crippen LogP) is 3.24. The maximum absolute atomic E-state index is 12.4. The average molecular weight is 397 g/mol. The average Bonchev–Trinajstić information content (AvgIpc) is 3.17. The summed E-state index contributed by atoms with van der Waals surface area (Å²) in [5.74, 6) is -0.600. The minimum atomic E-state index is -2.90. The van der Waals surface area contributed by atoms with Crippen LogP contribution in [0.4, 0.5) is 8.78 Å². The van der Waals surface area contributed by atoms with Crippen LogP contribution in [0.25, 0.3) is 28.3 Å². The molecule has 146 valence electrons. The standard InChI is InChI=1S/C19H13F2N5O3/c1-28-17(27)16-24-19-23-14(11-2-4-13(5-3-11)29-18(20)21)10-15(26(19)25-16)12-6-8-22-9-7-12/h2-10,18H,1H3. The Bertz CT molecular complexity index is 1160. The molecule has 4 rings (SSSR count). The van der Waals surface area contributed by atoms with E-state index in [-0.39, 0.29) is 17.4 Å². The molecule has 0 aliphatic rings. The quantitative estimate of drug-likeness (QED) is 0.478. The minimum Gasteiger partial charge on any atom is -0.463 e. The molecule has 0 bridgehead atoms. The number of hydrogen-bond donors (Lipinski definition) is 0. The SMILES string of the molecule is COC(=O)c1nc2nc(-c3ccc(OC(F)F)cc3)cc(-c3ccncc3)n2n1. The Morgan fingerprint density at radius 2 is 1.76 bits per heavy atom. The number of nitrogens with zero attached hydrogens (tertiary/aromatic N) is 5. The summed E-state index contributed by atoms with van der Waals surface area (Å²) in [6.45, 7) is -2.90. The summed E-state index contributed by atoms with van der Waals surface area (Å²) >= 11 is 0. The predicted molar refractivity (Wildman–Crippen MR) is 97.4 cm³/mol. The van der Waals surface area contributed by atoms with Gasteiger partial charge in [-0.1, -0.05) is 0 Å². The number of methoxy groups -OCH3 is 1. The molecule has 0 unspecified atom stereocenters. The number of carbonyl (C=O) groups excluding carboxylic acids is 1. The third-order valence-electron chi connectivity index (χ3n) is 4.03. The molecular formula is C19H13F2N5O3. The summed E-state index contributed by atoms with van der Waals surface area (Å²) < 4.78 is 35.2. The van der Waals surface area contributed by atoms with Gasteiger partial charge in [0.25, 0.3) is 11.6 Å². The van der Waals surface area contributed by atoms with Crippen LogP contribution in [0.3, 0.4) is 0 Å². The zero-order valence-electron chi connectivity index (χ0n) is 15.0. The molecule has 3 aromatic heterocycles. The topological polar surface area (TPSA) is 91.5 Å². The lowest BCUT2D eigenvalue weighted by atomic mass is 10.1. The van der Waals surface area contributed by atoms with Crippen molar-refractivity contribution in [1.29, 1.82) is 0 Å². The number of fused-ring (bicyclic) bond motifs is 1. The molecule has 8 nitrogen and oxygen atoms in total. The van der Waals surface area contributed by atoms with Gasteiger partial charge in [-0.15, -0.1) is 5.10 Å². The van der Waals surface area contributed by atoms with Crippen molar-refractivity contribution >= 4 is 11.7 Å². The first-order chi connectivity index (χ1) is 14.0. The molecule has 0 saturated heterocycles. The minimum absolute atomic E-state index is 0.0367. The Kier molecular flexibility index (Phi) is 4.82. The lowest BCUT2D eigenvalue weighted by Crippen LogP contribution is -2.04. The summed E-state index contributed by atoms with van der Waals surface area (Å²) in [5.41, 5.74) is 2.54. The fourth-order valence-electron chi connectivity index (χ4n) is 2.73. The molecule has 0 aliphatic heterocycles. The van der Waals surface area contributed by atoms with Gasteiger partial charge in [0.15, 0.2) is 0 Å². The number of carbonyl (C=O) groups is 1. The molecule has 0 spiro atoms. The molecule has 29 heavy (non-hydrogen) atoms. The highest BCUT2D eigenvalue weighted by molar-refractivity contribution is 5.85. The van der Waals surface area contributed by atoms with Crippen molar-refractivity contribution in [1.82, 2.24) is 24.6 Å². The van der Waals surface area contributed by atoms with Crippen molar-refractivity contribution in [2.24, 2.45) is 0 Å². The maximum Gasteiger partial charge on any atom is 0.387 e. The van der Waals surface area contributed by atoms with E-state index in [0.717, 1.165) is 5.56 Å². The van der Waals surface area contributed by atoms with Gasteiger partial charge in [0, 0.05) is 23.5 Å². The molecule has 0 radical (unpaired) electrons. The van der Waals surface area contributed by atoms with Crippen molar-refractivity contribution in [2.75, 3.05) is 7.11 Å². The third kappa shape index (κ3) is 3.72. The summed E-state index contributed by atoms with van der Waals surface area (Å²) in [7, 11) is 1.24. The van der Waals surface area contributed by atoms with Crippen LogP contribution in [0, 0.1) is 0 Å². The van der Waals surface area contributed by atoms with Crippen LogP contribution in [-0.2, 0) is 4.74 Å². The number of ether oxygens (including phenoxy) is 2. The van der Waals surface area contributed by atoms with Crippen LogP contribution in [0.5, 0.6) is 5.75 Å². The van der Waals surface area contributed by atoms with Crippen LogP contribution in [0.2, 0.25) is 0 Å². The number of alkyl halides is 2. The van der Waals surface area contributed by atoms with Crippen LogP contribution in [0.1, 0.15) is 10.6 Å². The molecule has 0 aliphatic carbocycles. The van der Waals surface area contributed by atoms with E-state index in [9.17, 15) is 13.6 Å². The van der Waals surface area contributed by atoms with Gasteiger partial charge < -0.3 is 9.47 Å². The molecule has 0 saturated carbocycles. The summed E-state index contributed by atoms with van der Waals surface area (Å²) in [6.07, 6.45) is 3.24. The highest BCUT2D eigenvalue weighted by atomic mass is 19.3. The molecule has 0 fully saturated rings. The molecule has 4 aromatic rings. The van der Waals surface area contributed by atoms with Gasteiger partial charge >= 0.3 is 12.6 Å². The summed E-state index contributed by atoms with van der Waals surface area (Å²) in [5, 5.41) is 4.19. The highest BCUT2D eigenvalue weighted by Crippen LogP contribution is 2.27. The van der Waals surface area contributed by atoms with Crippen LogP contribution in [-0.4, -0.2) is 44.3 Å². The molecule has 1 aromatic carbocycles. The van der Waals surface area contributed by atoms with Crippen molar-refractivity contribution in [3.63, 3.8) is 0 Å². The molecule has 3 heterocycles. The van der Waals surface area contributed by atoms with Gasteiger partial charge in [-0.05, 0) is 42.5 Å². The fourth-order valence-corrected chi connectivity index (χ4v) is 2.73. The monoisotopic (exact) mass is 397 g/mol. The van der Waals surface area contributed by atoms with E-state index in [0.29, 0.717) is 17.0 Å². The van der Waals surface area contributed by atoms with Crippen LogP contribution >= 0.6 is 0 Å². The van der Waals surface area contributed by atoms with E-state index in [4.69, 9.17) is 0 Å². The van der Waals surface area contributed by atoms with E-state index < -0.39 is 12.6 Å². The van der Waals surface area contributed by atoms with Gasteiger partial charge in [-0.2, -0.15) is 18.3 Å². The van der Waals surface area contributed by atoms with Gasteiger partial charge in [0.2, 0.25) is 0 Å². The molecule has 0 amide bonds. The second kappa shape index (κ2) is 7.58. The Morgan fingerprint density at radius 1 is 1.03 bits per heavy atom. The summed E-state index contributed by atoms with van der Waals surface area (Å²) in [4.78, 5) is 24.4. The zero-order chi connectivity index (χ0) is 20.4. The first-order valence-electron chi connectivity index (χ1n) is 8.37. The van der Waals surface area contributed by atoms with Crippen LogP contribution < -0.4 is 4.74 Å². The van der Waals surface area contributed by atoms with Gasteiger partial charge in [0.1, 0.15) is 5.75 Å². The van der Waals surface area contributed by atoms with Crippen molar-refractivity contribution in [3.8, 4) is 28.3 Å². The number of esters is 1. The van der Waals surface area contributed by atoms with E-state index in [2.05, 4.69) is 29.5 Å². The lowest BCUT2D eigenvalue weighted by molar-refractivity contribution is -0.0498. The maximum atomic E-state index is 12.4. The Labute approximate surface area is 162 Å². The molecular weight excluding hydrogens is 384 g/mol. The van der Waals surface area contributed by atoms with Crippen LogP contribution in [0.15, 0.2) is 54.9 Å². The lowest BCUT2D eigenvalue weighted by Gasteiger charge is -2.09. The van der Waals surface area contributed by atoms with E-state index >= 15 is 0 Å². The number of aromatic nitrogens is 5. The number of hydrogen-bond acceptors (Lipinski definition) is 7. The van der Waals surface area contributed by atoms with Gasteiger partial charge in [-0.25, -0.2) is 9.78 Å². The number of benzene rings is 1. The second-order valence-corrected chi connectivity index (χ2v) is 5.80. The van der Waals surface area contributed by atoms with Crippen molar-refractivity contribution in [2.45, 2.75) is 6.61 Å². The zero-order valence-corrected chi connectivity index (χ0v) is 15.0. The van der Waals surface area contributed by atoms with E-state index in [1.54, 1.807) is 42.7 Å². The first-order valence-corrected chi connectivity index (χ1v) is 8.37. The van der Waals surface area contributed by atoms with Crippen molar-refractivity contribution in [3.05, 3.63) is 60.7 Å². The van der Waals surface area contributed by atoms with Gasteiger partial charge in [-0.3, -0.25) is 4.98 Å². The first kappa shape index (κ1) is 18.4. The highest BCUT2D eigenvalue weighted by Gasteiger charge is 2.18. The third-order valence-corrected chi connectivity index (χ3v) is 4.03. The fraction of sp³-hybridized carbons (Fsp3) is 0.105. The second-order valence-electron chi connectivity index (χ2n) is 5.80. The Morgan fingerprint density at radius 3 is 2.41 bits per heavy atom. The van der Waals surface area contributed by atoms with Gasteiger partial charge in [0.05, 0.1) is 18.5 Å². The normalized spacial score (nSPS) is 11.0. The van der Waals surface area contributed by atoms with E-state index in [1.807, 2.05) is 0 Å². The molecule has 0 N–H and O–H groups in total. The number of rotatable bonds is 5.